The first-order valence-electron chi connectivity index (χ1n) is 7.69. The highest BCUT2D eigenvalue weighted by Gasteiger charge is 2.41. The van der Waals surface area contributed by atoms with Gasteiger partial charge in [0.1, 0.15) is 5.82 Å². The molecule has 1 amide bonds. The highest BCUT2D eigenvalue weighted by molar-refractivity contribution is 7.21. The number of rotatable bonds is 6. The van der Waals surface area contributed by atoms with E-state index in [0.29, 0.717) is 33.4 Å². The number of hydrogen-bond donors (Lipinski definition) is 2. The molecule has 0 bridgehead atoms. The minimum atomic E-state index is -0.936. The molecule has 0 radical (unpaired) electrons. The molecular weight excluding hydrogens is 333 g/mol. The Morgan fingerprint density at radius 2 is 2.17 bits per heavy atom. The van der Waals surface area contributed by atoms with Gasteiger partial charge in [-0.1, -0.05) is 6.07 Å². The quantitative estimate of drug-likeness (QED) is 0.837. The van der Waals surface area contributed by atoms with Crippen LogP contribution in [-0.2, 0) is 16.1 Å². The molecule has 0 spiro atoms. The number of ether oxygens (including phenoxy) is 1. The van der Waals surface area contributed by atoms with Crippen LogP contribution >= 0.6 is 11.3 Å². The lowest BCUT2D eigenvalue weighted by Crippen LogP contribution is -2.54. The molecule has 0 saturated heterocycles. The van der Waals surface area contributed by atoms with Crippen LogP contribution in [0.5, 0.6) is 0 Å². The molecular formula is C17H18FNO4S. The molecule has 128 valence electrons. The summed E-state index contributed by atoms with van der Waals surface area (Å²) < 4.78 is 20.0. The molecule has 24 heavy (non-hydrogen) atoms. The fraction of sp³-hybridized carbons (Fsp3) is 0.412. The molecule has 1 heterocycles. The number of carbonyl (C=O) groups excluding carboxylic acids is 1. The molecule has 0 unspecified atom stereocenters. The van der Waals surface area contributed by atoms with Crippen molar-refractivity contribution in [3.8, 4) is 0 Å². The van der Waals surface area contributed by atoms with Gasteiger partial charge in [-0.15, -0.1) is 11.3 Å². The van der Waals surface area contributed by atoms with Crippen molar-refractivity contribution in [1.29, 1.82) is 0 Å². The van der Waals surface area contributed by atoms with E-state index in [-0.39, 0.29) is 18.9 Å². The van der Waals surface area contributed by atoms with Crippen LogP contribution in [-0.4, -0.2) is 29.6 Å². The standard InChI is InChI=1S/C17H18FNO4S/c1-23-9-10-14-11(18)4-2-5-12(14)24-15(10)16(22)19-17(6-3-7-17)8-13(20)21/h2,4-5H,3,6-9H2,1H3,(H,19,22)(H,20,21). The predicted molar refractivity (Wildman–Crippen MR) is 88.8 cm³/mol. The van der Waals surface area contributed by atoms with Crippen molar-refractivity contribution >= 4 is 33.3 Å². The van der Waals surface area contributed by atoms with Gasteiger partial charge < -0.3 is 15.2 Å². The van der Waals surface area contributed by atoms with Gasteiger partial charge in [0.05, 0.1) is 23.4 Å². The van der Waals surface area contributed by atoms with Gasteiger partial charge in [0.15, 0.2) is 0 Å². The van der Waals surface area contributed by atoms with Gasteiger partial charge in [-0.05, 0) is 31.4 Å². The minimum absolute atomic E-state index is 0.0996. The number of nitrogens with one attached hydrogen (secondary N) is 1. The Hall–Kier alpha value is -1.99. The molecule has 1 saturated carbocycles. The normalized spacial score (nSPS) is 15.9. The number of fused-ring (bicyclic) bond motifs is 1. The maximum Gasteiger partial charge on any atom is 0.305 e. The van der Waals surface area contributed by atoms with Crippen LogP contribution in [0.25, 0.3) is 10.1 Å². The number of thiophene rings is 1. The van der Waals surface area contributed by atoms with Gasteiger partial charge in [0.2, 0.25) is 0 Å². The smallest absolute Gasteiger partial charge is 0.305 e. The Balaban J connectivity index is 1.96. The summed E-state index contributed by atoms with van der Waals surface area (Å²) in [4.78, 5) is 24.2. The third kappa shape index (κ3) is 3.01. The van der Waals surface area contributed by atoms with Crippen molar-refractivity contribution in [2.24, 2.45) is 0 Å². The van der Waals surface area contributed by atoms with E-state index < -0.39 is 17.3 Å². The van der Waals surface area contributed by atoms with Gasteiger partial charge in [0, 0.05) is 22.8 Å². The molecule has 2 aromatic rings. The van der Waals surface area contributed by atoms with Crippen LogP contribution < -0.4 is 5.32 Å². The maximum atomic E-state index is 14.2. The van der Waals surface area contributed by atoms with Crippen LogP contribution in [0.4, 0.5) is 4.39 Å². The zero-order chi connectivity index (χ0) is 17.3. The molecule has 3 rings (SSSR count). The Morgan fingerprint density at radius 3 is 2.75 bits per heavy atom. The number of halogens is 1. The number of hydrogen-bond acceptors (Lipinski definition) is 4. The van der Waals surface area contributed by atoms with Crippen LogP contribution in [0.1, 0.15) is 40.9 Å². The minimum Gasteiger partial charge on any atom is -0.481 e. The Bertz CT molecular complexity index is 797. The number of carboxylic acids is 1. The van der Waals surface area contributed by atoms with Crippen molar-refractivity contribution in [3.63, 3.8) is 0 Å². The van der Waals surface area contributed by atoms with Crippen LogP contribution in [0, 0.1) is 5.82 Å². The third-order valence-electron chi connectivity index (χ3n) is 4.44. The molecule has 1 fully saturated rings. The first-order chi connectivity index (χ1) is 11.5. The third-order valence-corrected chi connectivity index (χ3v) is 5.63. The van der Waals surface area contributed by atoms with Crippen molar-refractivity contribution in [2.75, 3.05) is 7.11 Å². The predicted octanol–water partition coefficient (Wildman–Crippen LogP) is 3.31. The average Bonchev–Trinajstić information content (AvgIpc) is 2.85. The monoisotopic (exact) mass is 351 g/mol. The lowest BCUT2D eigenvalue weighted by Gasteiger charge is -2.41. The Kier molecular flexibility index (Phi) is 4.56. The van der Waals surface area contributed by atoms with Crippen LogP contribution in [0.15, 0.2) is 18.2 Å². The molecule has 1 aromatic carbocycles. The lowest BCUT2D eigenvalue weighted by atomic mass is 9.74. The van der Waals surface area contributed by atoms with E-state index in [0.717, 1.165) is 6.42 Å². The van der Waals surface area contributed by atoms with E-state index in [4.69, 9.17) is 9.84 Å². The fourth-order valence-electron chi connectivity index (χ4n) is 3.17. The van der Waals surface area contributed by atoms with E-state index in [2.05, 4.69) is 5.32 Å². The SMILES string of the molecule is COCc1c(C(=O)NC2(CC(=O)O)CCC2)sc2cccc(F)c12. The highest BCUT2D eigenvalue weighted by atomic mass is 32.1. The van der Waals surface area contributed by atoms with Gasteiger partial charge in [-0.3, -0.25) is 9.59 Å². The van der Waals surface area contributed by atoms with E-state index >= 15 is 0 Å². The van der Waals surface area contributed by atoms with Gasteiger partial charge in [-0.25, -0.2) is 4.39 Å². The number of methoxy groups -OCH3 is 1. The van der Waals surface area contributed by atoms with E-state index in [1.807, 2.05) is 0 Å². The number of carboxylic acid groups (broad SMARTS) is 1. The second-order valence-electron chi connectivity index (χ2n) is 6.11. The first kappa shape index (κ1) is 16.9. The van der Waals surface area contributed by atoms with E-state index in [1.165, 1.54) is 24.5 Å². The van der Waals surface area contributed by atoms with E-state index in [9.17, 15) is 14.0 Å². The van der Waals surface area contributed by atoms with Crippen LogP contribution in [0.2, 0.25) is 0 Å². The van der Waals surface area contributed by atoms with Gasteiger partial charge in [0.25, 0.3) is 5.91 Å². The first-order valence-corrected chi connectivity index (χ1v) is 8.50. The molecule has 2 N–H and O–H groups in total. The maximum absolute atomic E-state index is 14.2. The number of aliphatic carboxylic acids is 1. The molecule has 0 atom stereocenters. The Labute approximate surface area is 142 Å². The van der Waals surface area contributed by atoms with Gasteiger partial charge in [-0.2, -0.15) is 0 Å². The Morgan fingerprint density at radius 1 is 1.42 bits per heavy atom. The van der Waals surface area contributed by atoms with Crippen LogP contribution in [0.3, 0.4) is 0 Å². The topological polar surface area (TPSA) is 75.6 Å². The highest BCUT2D eigenvalue weighted by Crippen LogP contribution is 2.38. The largest absolute Gasteiger partial charge is 0.481 e. The fourth-order valence-corrected chi connectivity index (χ4v) is 4.29. The summed E-state index contributed by atoms with van der Waals surface area (Å²) in [6.07, 6.45) is 2.07. The van der Waals surface area contributed by atoms with Gasteiger partial charge >= 0.3 is 5.97 Å². The summed E-state index contributed by atoms with van der Waals surface area (Å²) in [5.41, 5.74) is -0.181. The van der Waals surface area contributed by atoms with Crippen molar-refractivity contribution in [2.45, 2.75) is 37.8 Å². The summed E-state index contributed by atoms with van der Waals surface area (Å²) in [5, 5.41) is 12.3. The number of benzene rings is 1. The summed E-state index contributed by atoms with van der Waals surface area (Å²) in [6.45, 7) is 0.121. The molecule has 1 aliphatic carbocycles. The zero-order valence-corrected chi connectivity index (χ0v) is 14.0. The second-order valence-corrected chi connectivity index (χ2v) is 7.17. The molecule has 1 aromatic heterocycles. The number of amides is 1. The molecule has 7 heteroatoms. The summed E-state index contributed by atoms with van der Waals surface area (Å²) >= 11 is 1.20. The molecule has 5 nitrogen and oxygen atoms in total. The number of carbonyl (C=O) groups is 2. The summed E-state index contributed by atoms with van der Waals surface area (Å²) in [5.74, 6) is -1.68. The lowest BCUT2D eigenvalue weighted by molar-refractivity contribution is -0.139. The average molecular weight is 351 g/mol. The zero-order valence-electron chi connectivity index (χ0n) is 13.2. The van der Waals surface area contributed by atoms with E-state index in [1.54, 1.807) is 12.1 Å². The second kappa shape index (κ2) is 6.49. The van der Waals surface area contributed by atoms with Crippen molar-refractivity contribution in [1.82, 2.24) is 5.32 Å². The van der Waals surface area contributed by atoms with Crippen molar-refractivity contribution < 1.29 is 23.8 Å². The summed E-state index contributed by atoms with van der Waals surface area (Å²) in [7, 11) is 1.49. The summed E-state index contributed by atoms with van der Waals surface area (Å²) in [6, 6.07) is 4.72. The molecule has 0 aliphatic heterocycles. The van der Waals surface area contributed by atoms with Crippen molar-refractivity contribution in [3.05, 3.63) is 34.5 Å². The molecule has 1 aliphatic rings.